The number of fused-ring (bicyclic) bond motifs is 1. The average molecular weight is 380 g/mol. The van der Waals surface area contributed by atoms with Gasteiger partial charge in [-0.25, -0.2) is 8.78 Å². The normalized spacial score (nSPS) is 28.3. The minimum atomic E-state index is -1.90. The van der Waals surface area contributed by atoms with Crippen molar-refractivity contribution in [1.82, 2.24) is 0 Å². The van der Waals surface area contributed by atoms with Crippen LogP contribution in [0.1, 0.15) is 24.8 Å². The van der Waals surface area contributed by atoms with Gasteiger partial charge in [0, 0.05) is 11.8 Å². The second-order valence-corrected chi connectivity index (χ2v) is 7.38. The maximum absolute atomic E-state index is 14.0. The van der Waals surface area contributed by atoms with Crippen LogP contribution in [0.5, 0.6) is 0 Å². The highest BCUT2D eigenvalue weighted by molar-refractivity contribution is 6.00. The van der Waals surface area contributed by atoms with Crippen LogP contribution >= 0.6 is 0 Å². The van der Waals surface area contributed by atoms with E-state index in [2.05, 4.69) is 13.0 Å². The molecule has 4 atom stereocenters. The molecule has 0 radical (unpaired) electrons. The minimum Gasteiger partial charge on any atom is -0.331 e. The number of hydrogen-bond donors (Lipinski definition) is 2. The maximum atomic E-state index is 14.0. The van der Waals surface area contributed by atoms with E-state index >= 15 is 0 Å². The summed E-state index contributed by atoms with van der Waals surface area (Å²) in [5.74, 6) is -4.24. The Labute approximate surface area is 162 Å². The zero-order chi connectivity index (χ0) is 20.5. The summed E-state index contributed by atoms with van der Waals surface area (Å²) >= 11 is 0. The zero-order valence-corrected chi connectivity index (χ0v) is 15.5. The molecule has 142 valence electrons. The lowest BCUT2D eigenvalue weighted by molar-refractivity contribution is -0.899. The van der Waals surface area contributed by atoms with Crippen molar-refractivity contribution in [2.45, 2.75) is 19.3 Å². The van der Waals surface area contributed by atoms with Gasteiger partial charge in [0.2, 0.25) is 0 Å². The molecule has 1 aliphatic carbocycles. The third-order valence-corrected chi connectivity index (χ3v) is 5.87. The highest BCUT2D eigenvalue weighted by Gasteiger charge is 2.58. The van der Waals surface area contributed by atoms with Gasteiger partial charge in [0.25, 0.3) is 0 Å². The fourth-order valence-corrected chi connectivity index (χ4v) is 4.60. The first-order valence-electron chi connectivity index (χ1n) is 9.23. The van der Waals surface area contributed by atoms with Crippen LogP contribution in [0.25, 0.3) is 0 Å². The van der Waals surface area contributed by atoms with Gasteiger partial charge in [0.05, 0.1) is 43.6 Å². The van der Waals surface area contributed by atoms with Gasteiger partial charge in [-0.1, -0.05) is 13.0 Å². The van der Waals surface area contributed by atoms with E-state index in [9.17, 15) is 24.6 Å². The van der Waals surface area contributed by atoms with Crippen LogP contribution in [0, 0.1) is 68.3 Å². The standard InChI is InChI=1S/C21H19F2N5/c1-2-6-28-7-5-14-15(9-24)20(27)21(11-25,12-26)19(16(14)10-28)13-3-4-17(22)18(23)8-13/h3-5,8,15-16,19,27H,2,6-7,10H2,1H3/p+1/t15?,16-,19+/m1/s1. The van der Waals surface area contributed by atoms with Crippen LogP contribution in [0.15, 0.2) is 29.8 Å². The number of nitrogens with zero attached hydrogens (tertiary/aromatic N) is 3. The van der Waals surface area contributed by atoms with E-state index in [1.54, 1.807) is 0 Å². The van der Waals surface area contributed by atoms with Crippen LogP contribution in [0.3, 0.4) is 0 Å². The van der Waals surface area contributed by atoms with Gasteiger partial charge in [-0.05, 0) is 35.8 Å². The molecule has 1 aromatic carbocycles. The topological polar surface area (TPSA) is 99.7 Å². The number of hydrogen-bond acceptors (Lipinski definition) is 4. The molecule has 0 amide bonds. The van der Waals surface area contributed by atoms with Gasteiger partial charge in [-0.3, -0.25) is 0 Å². The Balaban J connectivity index is 2.23. The van der Waals surface area contributed by atoms with Gasteiger partial charge in [0.1, 0.15) is 5.92 Å². The second-order valence-electron chi connectivity index (χ2n) is 7.38. The van der Waals surface area contributed by atoms with Crippen LogP contribution in [0.2, 0.25) is 0 Å². The van der Waals surface area contributed by atoms with Crippen molar-refractivity contribution in [3.63, 3.8) is 0 Å². The highest BCUT2D eigenvalue weighted by Crippen LogP contribution is 2.52. The number of halogens is 2. The van der Waals surface area contributed by atoms with Gasteiger partial charge in [-0.2, -0.15) is 15.8 Å². The van der Waals surface area contributed by atoms with E-state index in [-0.39, 0.29) is 11.6 Å². The molecule has 1 fully saturated rings. The van der Waals surface area contributed by atoms with Crippen molar-refractivity contribution in [1.29, 1.82) is 21.2 Å². The molecule has 2 unspecified atom stereocenters. The summed E-state index contributed by atoms with van der Waals surface area (Å²) < 4.78 is 27.5. The van der Waals surface area contributed by atoms with Crippen LogP contribution in [-0.4, -0.2) is 25.3 Å². The number of quaternary nitrogens is 1. The molecule has 1 aromatic rings. The average Bonchev–Trinajstić information content (AvgIpc) is 2.70. The number of rotatable bonds is 3. The van der Waals surface area contributed by atoms with Crippen molar-refractivity contribution in [2.75, 3.05) is 19.6 Å². The predicted octanol–water partition coefficient (Wildman–Crippen LogP) is 2.11. The SMILES string of the molecule is CCC[NH+]1CC=C2C(C#N)C(=N)C(C#N)(C#N)[C@@H](c3ccc(F)c(F)c3)[C@@H]2C1. The maximum Gasteiger partial charge on any atom is 0.189 e. The summed E-state index contributed by atoms with van der Waals surface area (Å²) in [4.78, 5) is 1.23. The van der Waals surface area contributed by atoms with Crippen LogP contribution in [0.4, 0.5) is 8.78 Å². The number of nitrogens with one attached hydrogen (secondary N) is 2. The summed E-state index contributed by atoms with van der Waals surface area (Å²) in [6, 6.07) is 9.35. The number of nitriles is 3. The Bertz CT molecular complexity index is 948. The number of benzene rings is 1. The lowest BCUT2D eigenvalue weighted by Crippen LogP contribution is -3.13. The zero-order valence-electron chi connectivity index (χ0n) is 15.5. The van der Waals surface area contributed by atoms with Crippen LogP contribution in [-0.2, 0) is 0 Å². The summed E-state index contributed by atoms with van der Waals surface area (Å²) in [5.41, 5.74) is -1.17. The molecular formula is C21H20F2N5+. The Morgan fingerprint density at radius 1 is 1.21 bits per heavy atom. The molecule has 5 nitrogen and oxygen atoms in total. The van der Waals surface area contributed by atoms with Crippen molar-refractivity contribution in [2.24, 2.45) is 17.3 Å². The monoisotopic (exact) mass is 380 g/mol. The van der Waals surface area contributed by atoms with E-state index in [4.69, 9.17) is 5.41 Å². The van der Waals surface area contributed by atoms with E-state index in [0.29, 0.717) is 24.2 Å². The highest BCUT2D eigenvalue weighted by atomic mass is 19.2. The first kappa shape index (κ1) is 19.7. The lowest BCUT2D eigenvalue weighted by Gasteiger charge is -2.46. The summed E-state index contributed by atoms with van der Waals surface area (Å²) in [5, 5.41) is 38.0. The predicted molar refractivity (Wildman–Crippen MR) is 97.0 cm³/mol. The Hall–Kier alpha value is -3.08. The van der Waals surface area contributed by atoms with Crippen LogP contribution < -0.4 is 4.90 Å². The van der Waals surface area contributed by atoms with Gasteiger partial charge in [-0.15, -0.1) is 0 Å². The fourth-order valence-electron chi connectivity index (χ4n) is 4.60. The Kier molecular flexibility index (Phi) is 5.27. The molecule has 3 rings (SSSR count). The molecule has 0 spiro atoms. The third-order valence-electron chi connectivity index (χ3n) is 5.87. The van der Waals surface area contributed by atoms with Gasteiger partial charge >= 0.3 is 0 Å². The van der Waals surface area contributed by atoms with E-state index in [1.807, 2.05) is 18.2 Å². The molecule has 2 aliphatic rings. The summed E-state index contributed by atoms with van der Waals surface area (Å²) in [6.45, 7) is 4.20. The lowest BCUT2D eigenvalue weighted by atomic mass is 9.54. The second kappa shape index (κ2) is 7.50. The van der Waals surface area contributed by atoms with Crippen molar-refractivity contribution in [3.05, 3.63) is 47.0 Å². The molecule has 0 saturated heterocycles. The molecule has 1 aliphatic heterocycles. The molecule has 0 bridgehead atoms. The van der Waals surface area contributed by atoms with Crippen molar-refractivity contribution >= 4 is 5.71 Å². The Morgan fingerprint density at radius 3 is 2.50 bits per heavy atom. The van der Waals surface area contributed by atoms with Crippen molar-refractivity contribution in [3.8, 4) is 18.2 Å². The minimum absolute atomic E-state index is 0.281. The van der Waals surface area contributed by atoms with Gasteiger partial charge in [0.15, 0.2) is 17.0 Å². The molecule has 0 aromatic heterocycles. The van der Waals surface area contributed by atoms with Crippen molar-refractivity contribution < 1.29 is 13.7 Å². The van der Waals surface area contributed by atoms with E-state index in [0.717, 1.165) is 25.1 Å². The first-order valence-corrected chi connectivity index (χ1v) is 9.23. The molecule has 1 saturated carbocycles. The molecule has 2 N–H and O–H groups in total. The summed E-state index contributed by atoms with van der Waals surface area (Å²) in [7, 11) is 0. The molecular weight excluding hydrogens is 360 g/mol. The Morgan fingerprint density at radius 2 is 1.93 bits per heavy atom. The summed E-state index contributed by atoms with van der Waals surface area (Å²) in [6.07, 6.45) is 2.87. The molecule has 1 heterocycles. The first-order chi connectivity index (χ1) is 13.4. The molecule has 7 heteroatoms. The van der Waals surface area contributed by atoms with E-state index in [1.165, 1.54) is 11.0 Å². The molecule has 28 heavy (non-hydrogen) atoms. The van der Waals surface area contributed by atoms with Gasteiger partial charge < -0.3 is 10.3 Å². The quantitative estimate of drug-likeness (QED) is 0.786. The third kappa shape index (κ3) is 2.87. The fraction of sp³-hybridized carbons (Fsp3) is 0.429. The smallest absolute Gasteiger partial charge is 0.189 e. The van der Waals surface area contributed by atoms with E-state index < -0.39 is 28.9 Å². The largest absolute Gasteiger partial charge is 0.331 e.